The molecule has 3 N–H and O–H groups in total. The molecule has 122 valence electrons. The number of aromatic nitrogens is 2. The Hall–Kier alpha value is -3.74. The summed E-state index contributed by atoms with van der Waals surface area (Å²) in [6.07, 6.45) is 0. The van der Waals surface area contributed by atoms with Crippen LogP contribution < -0.4 is 11.3 Å². The molecule has 0 radical (unpaired) electrons. The molecule has 7 nitrogen and oxygen atoms in total. The normalized spacial score (nSPS) is 11.0. The molecule has 0 aliphatic rings. The highest BCUT2D eigenvalue weighted by Gasteiger charge is 2.24. The molecule has 0 aliphatic carbocycles. The molecule has 0 unspecified atom stereocenters. The number of nitrogens with one attached hydrogen (secondary N) is 1. The van der Waals surface area contributed by atoms with E-state index in [2.05, 4.69) is 9.97 Å². The molecule has 3 aromatic carbocycles. The number of nitrogen functional groups attached to an aromatic ring is 1. The molecule has 0 atom stereocenters. The Kier molecular flexibility index (Phi) is 3.21. The van der Waals surface area contributed by atoms with Crippen molar-refractivity contribution in [2.75, 3.05) is 5.73 Å². The summed E-state index contributed by atoms with van der Waals surface area (Å²) in [5, 5.41) is 12.7. The number of nitro groups is 1. The van der Waals surface area contributed by atoms with Crippen molar-refractivity contribution in [1.82, 2.24) is 9.97 Å². The van der Waals surface area contributed by atoms with Gasteiger partial charge in [-0.3, -0.25) is 14.9 Å². The third-order valence-corrected chi connectivity index (χ3v) is 4.11. The van der Waals surface area contributed by atoms with Crippen LogP contribution in [0.15, 0.2) is 59.4 Å². The highest BCUT2D eigenvalue weighted by atomic mass is 16.6. The lowest BCUT2D eigenvalue weighted by atomic mass is 10.0. The first-order valence-electron chi connectivity index (χ1n) is 7.52. The van der Waals surface area contributed by atoms with Gasteiger partial charge in [0.15, 0.2) is 5.52 Å². The number of anilines is 1. The fourth-order valence-electron chi connectivity index (χ4n) is 2.98. The van der Waals surface area contributed by atoms with E-state index in [0.29, 0.717) is 21.9 Å². The van der Waals surface area contributed by atoms with Gasteiger partial charge in [0, 0.05) is 16.3 Å². The first-order chi connectivity index (χ1) is 12.1. The van der Waals surface area contributed by atoms with Gasteiger partial charge in [-0.25, -0.2) is 4.98 Å². The summed E-state index contributed by atoms with van der Waals surface area (Å²) in [6, 6.07) is 15.7. The number of hydrogen-bond acceptors (Lipinski definition) is 5. The summed E-state index contributed by atoms with van der Waals surface area (Å²) in [7, 11) is 0. The fourth-order valence-corrected chi connectivity index (χ4v) is 2.98. The van der Waals surface area contributed by atoms with Gasteiger partial charge in [-0.1, -0.05) is 54.6 Å². The Morgan fingerprint density at radius 3 is 2.32 bits per heavy atom. The molecule has 1 heterocycles. The van der Waals surface area contributed by atoms with Crippen molar-refractivity contribution >= 4 is 33.2 Å². The third-order valence-electron chi connectivity index (χ3n) is 4.11. The Morgan fingerprint density at radius 2 is 1.64 bits per heavy atom. The van der Waals surface area contributed by atoms with E-state index in [1.54, 1.807) is 48.5 Å². The van der Waals surface area contributed by atoms with E-state index >= 15 is 0 Å². The van der Waals surface area contributed by atoms with Gasteiger partial charge in [-0.2, -0.15) is 0 Å². The topological polar surface area (TPSA) is 115 Å². The minimum Gasteiger partial charge on any atom is -0.393 e. The largest absolute Gasteiger partial charge is 0.393 e. The zero-order valence-corrected chi connectivity index (χ0v) is 12.9. The van der Waals surface area contributed by atoms with Gasteiger partial charge in [0.05, 0.1) is 10.4 Å². The lowest BCUT2D eigenvalue weighted by molar-refractivity contribution is -0.382. The first-order valence-corrected chi connectivity index (χ1v) is 7.52. The highest BCUT2D eigenvalue weighted by Crippen LogP contribution is 2.37. The lowest BCUT2D eigenvalue weighted by Crippen LogP contribution is -2.13. The molecule has 0 fully saturated rings. The van der Waals surface area contributed by atoms with Crippen LogP contribution in [0.5, 0.6) is 0 Å². The number of aromatic amines is 1. The van der Waals surface area contributed by atoms with Crippen molar-refractivity contribution in [2.45, 2.75) is 0 Å². The van der Waals surface area contributed by atoms with Gasteiger partial charge in [-0.05, 0) is 0 Å². The van der Waals surface area contributed by atoms with E-state index in [1.165, 1.54) is 0 Å². The van der Waals surface area contributed by atoms with Crippen LogP contribution in [0.2, 0.25) is 0 Å². The average molecular weight is 332 g/mol. The molecule has 0 amide bonds. The predicted molar refractivity (Wildman–Crippen MR) is 96.4 cm³/mol. The zero-order valence-electron chi connectivity index (χ0n) is 12.9. The summed E-state index contributed by atoms with van der Waals surface area (Å²) in [4.78, 5) is 30.6. The maximum atomic E-state index is 12.5. The minimum absolute atomic E-state index is 0.0339. The summed E-state index contributed by atoms with van der Waals surface area (Å²) >= 11 is 0. The number of nitrogens with two attached hydrogens (primary N) is 1. The van der Waals surface area contributed by atoms with Crippen LogP contribution in [-0.2, 0) is 0 Å². The van der Waals surface area contributed by atoms with Crippen LogP contribution in [0, 0.1) is 10.1 Å². The smallest absolute Gasteiger partial charge is 0.320 e. The Labute approximate surface area is 140 Å². The molecule has 0 aliphatic heterocycles. The number of nitro benzene ring substituents is 1. The van der Waals surface area contributed by atoms with Crippen LogP contribution in [0.25, 0.3) is 33.1 Å². The Morgan fingerprint density at radius 1 is 1.00 bits per heavy atom. The Balaban J connectivity index is 2.22. The van der Waals surface area contributed by atoms with Crippen molar-refractivity contribution < 1.29 is 4.92 Å². The van der Waals surface area contributed by atoms with E-state index in [0.717, 1.165) is 0 Å². The van der Waals surface area contributed by atoms with Crippen LogP contribution in [0.1, 0.15) is 0 Å². The number of nitrogens with zero attached hydrogens (tertiary/aromatic N) is 2. The van der Waals surface area contributed by atoms with Crippen molar-refractivity contribution in [2.24, 2.45) is 0 Å². The van der Waals surface area contributed by atoms with Crippen LogP contribution in [0.4, 0.5) is 11.4 Å². The molecule has 7 heteroatoms. The summed E-state index contributed by atoms with van der Waals surface area (Å²) in [5.41, 5.74) is 6.42. The van der Waals surface area contributed by atoms with Crippen molar-refractivity contribution in [3.05, 3.63) is 75.1 Å². The summed E-state index contributed by atoms with van der Waals surface area (Å²) < 4.78 is 0. The first kappa shape index (κ1) is 14.8. The number of rotatable bonds is 2. The van der Waals surface area contributed by atoms with Gasteiger partial charge in [0.2, 0.25) is 0 Å². The van der Waals surface area contributed by atoms with Gasteiger partial charge in [0.1, 0.15) is 11.4 Å². The highest BCUT2D eigenvalue weighted by molar-refractivity contribution is 6.15. The van der Waals surface area contributed by atoms with E-state index in [1.807, 2.05) is 6.07 Å². The van der Waals surface area contributed by atoms with E-state index in [-0.39, 0.29) is 22.6 Å². The molecule has 0 saturated carbocycles. The minimum atomic E-state index is -0.565. The molecule has 0 saturated heterocycles. The molecule has 0 spiro atoms. The molecular weight excluding hydrogens is 320 g/mol. The van der Waals surface area contributed by atoms with E-state index in [4.69, 9.17) is 5.73 Å². The second-order valence-corrected chi connectivity index (χ2v) is 5.57. The van der Waals surface area contributed by atoms with Crippen LogP contribution in [0.3, 0.4) is 0 Å². The zero-order chi connectivity index (χ0) is 17.6. The monoisotopic (exact) mass is 332 g/mol. The quantitative estimate of drug-likeness (QED) is 0.253. The number of hydrogen-bond donors (Lipinski definition) is 2. The SMILES string of the molecule is Nc1c([N+](=O)[O-])c2nc(-c3ccccc3)c(=O)[nH]c2c2ccccc12. The van der Waals surface area contributed by atoms with Crippen molar-refractivity contribution in [1.29, 1.82) is 0 Å². The number of benzene rings is 3. The van der Waals surface area contributed by atoms with Gasteiger partial charge >= 0.3 is 5.69 Å². The third kappa shape index (κ3) is 2.21. The maximum absolute atomic E-state index is 12.5. The van der Waals surface area contributed by atoms with Gasteiger partial charge in [-0.15, -0.1) is 0 Å². The number of H-pyrrole nitrogens is 1. The molecule has 25 heavy (non-hydrogen) atoms. The van der Waals surface area contributed by atoms with Gasteiger partial charge in [0.25, 0.3) is 5.56 Å². The van der Waals surface area contributed by atoms with Crippen LogP contribution >= 0.6 is 0 Å². The summed E-state index contributed by atoms with van der Waals surface area (Å²) in [6.45, 7) is 0. The lowest BCUT2D eigenvalue weighted by Gasteiger charge is -2.09. The van der Waals surface area contributed by atoms with Crippen molar-refractivity contribution in [3.63, 3.8) is 0 Å². The molecule has 1 aromatic heterocycles. The van der Waals surface area contributed by atoms with Crippen molar-refractivity contribution in [3.8, 4) is 11.3 Å². The molecular formula is C18H12N4O3. The van der Waals surface area contributed by atoms with Crippen LogP contribution in [-0.4, -0.2) is 14.9 Å². The molecule has 0 bridgehead atoms. The standard InChI is InChI=1S/C18H12N4O3/c19-13-11-8-4-5-9-12(11)15-16(17(13)22(24)25)20-14(18(23)21-15)10-6-2-1-3-7-10/h1-9H,19H2,(H,21,23). The maximum Gasteiger partial charge on any atom is 0.320 e. The Bertz CT molecular complexity index is 1200. The van der Waals surface area contributed by atoms with Gasteiger partial charge < -0.3 is 10.7 Å². The second kappa shape index (κ2) is 5.41. The summed E-state index contributed by atoms with van der Waals surface area (Å²) in [5.74, 6) is 0. The molecule has 4 aromatic rings. The molecule has 4 rings (SSSR count). The van der Waals surface area contributed by atoms with E-state index < -0.39 is 10.5 Å². The predicted octanol–water partition coefficient (Wildman–Crippen LogP) is 3.23. The average Bonchev–Trinajstić information content (AvgIpc) is 2.62. The van der Waals surface area contributed by atoms with E-state index in [9.17, 15) is 14.9 Å². The second-order valence-electron chi connectivity index (χ2n) is 5.57. The fraction of sp³-hybridized carbons (Fsp3) is 0. The number of fused-ring (bicyclic) bond motifs is 3.